The number of rotatable bonds is 1. The van der Waals surface area contributed by atoms with E-state index >= 15 is 0 Å². The van der Waals surface area contributed by atoms with Gasteiger partial charge in [0.05, 0.1) is 0 Å². The highest BCUT2D eigenvalue weighted by atomic mass is 16.3. The molecule has 0 spiro atoms. The van der Waals surface area contributed by atoms with E-state index in [-0.39, 0.29) is 0 Å². The van der Waals surface area contributed by atoms with Gasteiger partial charge in [0.15, 0.2) is 0 Å². The number of aromatic hydroxyl groups is 1. The first-order valence-corrected chi connectivity index (χ1v) is 6.07. The van der Waals surface area contributed by atoms with Crippen LogP contribution in [0, 0.1) is 27.7 Å². The Labute approximate surface area is 110 Å². The molecule has 0 fully saturated rings. The Morgan fingerprint density at radius 3 is 1.78 bits per heavy atom. The van der Waals surface area contributed by atoms with E-state index in [0.717, 1.165) is 38.8 Å². The van der Waals surface area contributed by atoms with E-state index < -0.39 is 0 Å². The van der Waals surface area contributed by atoms with Crippen molar-refractivity contribution >= 4 is 13.3 Å². The molecule has 0 amide bonds. The summed E-state index contributed by atoms with van der Waals surface area (Å²) in [6, 6.07) is 7.88. The molecule has 0 heterocycles. The van der Waals surface area contributed by atoms with Gasteiger partial charge in [-0.1, -0.05) is 29.2 Å². The summed E-state index contributed by atoms with van der Waals surface area (Å²) in [5.41, 5.74) is 6.83. The van der Waals surface area contributed by atoms with Gasteiger partial charge < -0.3 is 5.11 Å². The van der Waals surface area contributed by atoms with Crippen LogP contribution in [0.2, 0.25) is 0 Å². The Morgan fingerprint density at radius 2 is 1.28 bits per heavy atom. The number of hydrogen-bond acceptors (Lipinski definition) is 1. The molecule has 2 radical (unpaired) electrons. The van der Waals surface area contributed by atoms with Crippen molar-refractivity contribution in [3.63, 3.8) is 0 Å². The lowest BCUT2D eigenvalue weighted by atomic mass is 9.81. The van der Waals surface area contributed by atoms with E-state index in [9.17, 15) is 5.11 Å². The Hall–Kier alpha value is -1.70. The van der Waals surface area contributed by atoms with E-state index in [4.69, 9.17) is 7.85 Å². The summed E-state index contributed by atoms with van der Waals surface area (Å²) in [6.45, 7) is 8.02. The van der Waals surface area contributed by atoms with Crippen molar-refractivity contribution in [3.05, 3.63) is 46.5 Å². The SMILES string of the molecule is [B]c1cc(C)cc(C)c1-c1c(C)cc(C)cc1O. The van der Waals surface area contributed by atoms with Gasteiger partial charge in [0.1, 0.15) is 13.6 Å². The highest BCUT2D eigenvalue weighted by Gasteiger charge is 2.13. The van der Waals surface area contributed by atoms with Crippen molar-refractivity contribution < 1.29 is 5.11 Å². The van der Waals surface area contributed by atoms with Crippen LogP contribution < -0.4 is 5.46 Å². The first-order chi connectivity index (χ1) is 8.40. The standard InChI is InChI=1S/C16H17BO/c1-9-5-11(3)15(13(17)7-9)16-12(4)6-10(2)8-14(16)18/h5-8,18H,1-4H3. The maximum atomic E-state index is 10.2. The maximum absolute atomic E-state index is 10.2. The summed E-state index contributed by atoms with van der Waals surface area (Å²) in [5, 5.41) is 10.2. The third-order valence-corrected chi connectivity index (χ3v) is 3.22. The largest absolute Gasteiger partial charge is 0.507 e. The van der Waals surface area contributed by atoms with Crippen LogP contribution in [0.15, 0.2) is 24.3 Å². The molecule has 0 saturated carbocycles. The molecule has 2 rings (SSSR count). The third-order valence-electron chi connectivity index (χ3n) is 3.22. The zero-order valence-corrected chi connectivity index (χ0v) is 11.3. The van der Waals surface area contributed by atoms with E-state index in [1.165, 1.54) is 0 Å². The Morgan fingerprint density at radius 1 is 0.778 bits per heavy atom. The molecule has 0 aliphatic heterocycles. The summed E-state index contributed by atoms with van der Waals surface area (Å²) in [7, 11) is 6.12. The molecule has 0 atom stereocenters. The molecule has 0 aliphatic carbocycles. The lowest BCUT2D eigenvalue weighted by Gasteiger charge is -2.16. The fourth-order valence-electron chi connectivity index (χ4n) is 2.61. The highest BCUT2D eigenvalue weighted by Crippen LogP contribution is 2.34. The van der Waals surface area contributed by atoms with Crippen molar-refractivity contribution in [1.29, 1.82) is 0 Å². The van der Waals surface area contributed by atoms with Crippen molar-refractivity contribution in [2.24, 2.45) is 0 Å². The highest BCUT2D eigenvalue weighted by molar-refractivity contribution is 6.36. The molecule has 0 bridgehead atoms. The normalized spacial score (nSPS) is 10.7. The molecule has 90 valence electrons. The van der Waals surface area contributed by atoms with Gasteiger partial charge in [0.25, 0.3) is 0 Å². The number of aryl methyl sites for hydroxylation is 4. The average molecular weight is 236 g/mol. The van der Waals surface area contributed by atoms with Crippen LogP contribution in [0.1, 0.15) is 22.3 Å². The van der Waals surface area contributed by atoms with Crippen molar-refractivity contribution in [2.45, 2.75) is 27.7 Å². The molecule has 1 N–H and O–H groups in total. The molecule has 2 heteroatoms. The van der Waals surface area contributed by atoms with Crippen molar-refractivity contribution in [2.75, 3.05) is 0 Å². The first-order valence-electron chi connectivity index (χ1n) is 6.07. The van der Waals surface area contributed by atoms with Crippen LogP contribution in [0.5, 0.6) is 5.75 Å². The van der Waals surface area contributed by atoms with Gasteiger partial charge in [0, 0.05) is 5.56 Å². The topological polar surface area (TPSA) is 20.2 Å². The number of phenolic OH excluding ortho intramolecular Hbond substituents is 1. The van der Waals surface area contributed by atoms with Crippen LogP contribution in [0.4, 0.5) is 0 Å². The minimum Gasteiger partial charge on any atom is -0.507 e. The van der Waals surface area contributed by atoms with Gasteiger partial charge in [-0.15, -0.1) is 0 Å². The van der Waals surface area contributed by atoms with E-state index in [2.05, 4.69) is 12.1 Å². The van der Waals surface area contributed by atoms with E-state index in [0.29, 0.717) is 5.75 Å². The second kappa shape index (κ2) is 4.53. The monoisotopic (exact) mass is 236 g/mol. The fourth-order valence-corrected chi connectivity index (χ4v) is 2.61. The quantitative estimate of drug-likeness (QED) is 0.754. The molecule has 1 nitrogen and oxygen atoms in total. The molecule has 0 aromatic heterocycles. The third kappa shape index (κ3) is 2.15. The van der Waals surface area contributed by atoms with E-state index in [1.807, 2.05) is 33.8 Å². The molecule has 0 unspecified atom stereocenters. The zero-order chi connectivity index (χ0) is 13.4. The lowest BCUT2D eigenvalue weighted by molar-refractivity contribution is 0.476. The lowest BCUT2D eigenvalue weighted by Crippen LogP contribution is -2.10. The van der Waals surface area contributed by atoms with Gasteiger partial charge in [0.2, 0.25) is 0 Å². The molecule has 0 aliphatic rings. The van der Waals surface area contributed by atoms with Crippen molar-refractivity contribution in [3.8, 4) is 16.9 Å². The predicted molar refractivity (Wildman–Crippen MR) is 77.9 cm³/mol. The zero-order valence-electron chi connectivity index (χ0n) is 11.3. The number of hydrogen-bond donors (Lipinski definition) is 1. The minimum absolute atomic E-state index is 0.297. The van der Waals surface area contributed by atoms with Crippen LogP contribution in [0.3, 0.4) is 0 Å². The van der Waals surface area contributed by atoms with Gasteiger partial charge in [-0.3, -0.25) is 0 Å². The van der Waals surface area contributed by atoms with Crippen LogP contribution in [-0.2, 0) is 0 Å². The first kappa shape index (κ1) is 12.8. The average Bonchev–Trinajstić information content (AvgIpc) is 2.20. The molecular formula is C16H17BO. The van der Waals surface area contributed by atoms with Crippen LogP contribution in [-0.4, -0.2) is 13.0 Å². The molecular weight excluding hydrogens is 219 g/mol. The fraction of sp³-hybridized carbons (Fsp3) is 0.250. The maximum Gasteiger partial charge on any atom is 0.123 e. The summed E-state index contributed by atoms with van der Waals surface area (Å²) in [5.74, 6) is 0.297. The second-order valence-electron chi connectivity index (χ2n) is 5.02. The molecule has 2 aromatic carbocycles. The van der Waals surface area contributed by atoms with Gasteiger partial charge in [-0.2, -0.15) is 0 Å². The summed E-state index contributed by atoms with van der Waals surface area (Å²) in [6.07, 6.45) is 0. The van der Waals surface area contributed by atoms with Gasteiger partial charge in [-0.05, 0) is 56.0 Å². The second-order valence-corrected chi connectivity index (χ2v) is 5.02. The van der Waals surface area contributed by atoms with Gasteiger partial charge in [-0.25, -0.2) is 0 Å². The Kier molecular flexibility index (Phi) is 3.21. The van der Waals surface area contributed by atoms with Gasteiger partial charge >= 0.3 is 0 Å². The number of phenols is 1. The summed E-state index contributed by atoms with van der Waals surface area (Å²) < 4.78 is 0. The molecule has 2 aromatic rings. The Bertz CT molecular complexity index is 513. The smallest absolute Gasteiger partial charge is 0.123 e. The Balaban J connectivity index is 2.78. The molecule has 18 heavy (non-hydrogen) atoms. The van der Waals surface area contributed by atoms with Crippen LogP contribution >= 0.6 is 0 Å². The summed E-state index contributed by atoms with van der Waals surface area (Å²) >= 11 is 0. The number of benzene rings is 2. The van der Waals surface area contributed by atoms with Crippen LogP contribution in [0.25, 0.3) is 11.1 Å². The predicted octanol–water partition coefficient (Wildman–Crippen LogP) is 3.09. The summed E-state index contributed by atoms with van der Waals surface area (Å²) in [4.78, 5) is 0. The molecule has 0 saturated heterocycles. The van der Waals surface area contributed by atoms with E-state index in [1.54, 1.807) is 6.07 Å². The minimum atomic E-state index is 0.297. The van der Waals surface area contributed by atoms with Crippen molar-refractivity contribution in [1.82, 2.24) is 0 Å².